The minimum Gasteiger partial charge on any atom is -0.463 e. The molecular formula is C10H14O7. The third-order valence-electron chi connectivity index (χ3n) is 1.99. The molecule has 0 amide bonds. The average Bonchev–Trinajstić information content (AvgIpc) is 2.27. The van der Waals surface area contributed by atoms with E-state index in [2.05, 4.69) is 4.89 Å². The zero-order valence-electron chi connectivity index (χ0n) is 9.49. The molecule has 1 aliphatic rings. The smallest absolute Gasteiger partial charge is 0.303 e. The van der Waals surface area contributed by atoms with Crippen LogP contribution in [0, 0.1) is 0 Å². The predicted octanol–water partition coefficient (Wildman–Crippen LogP) is 0.252. The van der Waals surface area contributed by atoms with Gasteiger partial charge in [-0.15, -0.1) is 0 Å². The lowest BCUT2D eigenvalue weighted by atomic mass is 10.1. The Morgan fingerprint density at radius 2 is 2.00 bits per heavy atom. The van der Waals surface area contributed by atoms with Gasteiger partial charge in [0, 0.05) is 13.8 Å². The fourth-order valence-corrected chi connectivity index (χ4v) is 1.32. The van der Waals surface area contributed by atoms with Crippen LogP contribution < -0.4 is 0 Å². The molecule has 0 spiro atoms. The lowest BCUT2D eigenvalue weighted by molar-refractivity contribution is -0.345. The van der Waals surface area contributed by atoms with Crippen LogP contribution in [0.1, 0.15) is 13.8 Å². The van der Waals surface area contributed by atoms with E-state index in [1.165, 1.54) is 26.0 Å². The Morgan fingerprint density at radius 3 is 2.53 bits per heavy atom. The quantitative estimate of drug-likeness (QED) is 0.329. The molecule has 1 heterocycles. The molecule has 0 aliphatic carbocycles. The number of rotatable bonds is 4. The van der Waals surface area contributed by atoms with E-state index in [1.54, 1.807) is 0 Å². The fraction of sp³-hybridized carbons (Fsp3) is 0.600. The summed E-state index contributed by atoms with van der Waals surface area (Å²) in [5, 5.41) is 8.46. The summed E-state index contributed by atoms with van der Waals surface area (Å²) in [6.45, 7) is 2.41. The van der Waals surface area contributed by atoms with Crippen molar-refractivity contribution in [2.45, 2.75) is 32.3 Å². The van der Waals surface area contributed by atoms with Crippen LogP contribution in [0.25, 0.3) is 0 Å². The minimum absolute atomic E-state index is 0.0997. The Kier molecular flexibility index (Phi) is 5.08. The van der Waals surface area contributed by atoms with Gasteiger partial charge in [0.1, 0.15) is 18.8 Å². The van der Waals surface area contributed by atoms with Gasteiger partial charge in [0.25, 0.3) is 0 Å². The molecule has 0 aromatic carbocycles. The number of hydrogen-bond acceptors (Lipinski definition) is 7. The van der Waals surface area contributed by atoms with Crippen LogP contribution >= 0.6 is 0 Å². The lowest BCUT2D eigenvalue weighted by Crippen LogP contribution is -2.41. The Bertz CT molecular complexity index is 312. The highest BCUT2D eigenvalue weighted by Gasteiger charge is 2.31. The highest BCUT2D eigenvalue weighted by molar-refractivity contribution is 5.66. The van der Waals surface area contributed by atoms with E-state index in [0.29, 0.717) is 0 Å². The van der Waals surface area contributed by atoms with Crippen LogP contribution in [0.5, 0.6) is 0 Å². The van der Waals surface area contributed by atoms with Gasteiger partial charge in [-0.1, -0.05) is 0 Å². The third-order valence-corrected chi connectivity index (χ3v) is 1.99. The average molecular weight is 246 g/mol. The van der Waals surface area contributed by atoms with Crippen LogP contribution in [0.2, 0.25) is 0 Å². The first-order valence-corrected chi connectivity index (χ1v) is 4.97. The van der Waals surface area contributed by atoms with Gasteiger partial charge in [0.15, 0.2) is 0 Å². The van der Waals surface area contributed by atoms with Crippen molar-refractivity contribution < 1.29 is 33.9 Å². The second kappa shape index (κ2) is 6.33. The second-order valence-electron chi connectivity index (χ2n) is 3.41. The van der Waals surface area contributed by atoms with Crippen LogP contribution in [-0.4, -0.2) is 42.3 Å². The zero-order valence-corrected chi connectivity index (χ0v) is 9.49. The number of esters is 2. The maximum Gasteiger partial charge on any atom is 0.303 e. The standard InChI is InChI=1S/C10H14O7/c1-6(11)14-5-9-8(15-7(2)12)3-4-10(16-9)17-13/h3-4,8-10,13H,5H2,1-2H3/t8-,9+,10-/m0/s1. The molecule has 0 aromatic rings. The maximum absolute atomic E-state index is 10.8. The first-order valence-electron chi connectivity index (χ1n) is 4.97. The molecule has 17 heavy (non-hydrogen) atoms. The normalized spacial score (nSPS) is 27.6. The number of hydrogen-bond donors (Lipinski definition) is 1. The van der Waals surface area contributed by atoms with E-state index in [1.807, 2.05) is 0 Å². The van der Waals surface area contributed by atoms with Crippen molar-refractivity contribution in [3.63, 3.8) is 0 Å². The molecule has 0 unspecified atom stereocenters. The van der Waals surface area contributed by atoms with Crippen molar-refractivity contribution in [1.29, 1.82) is 0 Å². The molecule has 0 bridgehead atoms. The molecule has 7 nitrogen and oxygen atoms in total. The van der Waals surface area contributed by atoms with Gasteiger partial charge in [-0.3, -0.25) is 9.59 Å². The summed E-state index contributed by atoms with van der Waals surface area (Å²) in [6.07, 6.45) is 0.517. The summed E-state index contributed by atoms with van der Waals surface area (Å²) in [5.41, 5.74) is 0. The predicted molar refractivity (Wildman–Crippen MR) is 53.7 cm³/mol. The van der Waals surface area contributed by atoms with Crippen molar-refractivity contribution in [1.82, 2.24) is 0 Å². The van der Waals surface area contributed by atoms with E-state index in [-0.39, 0.29) is 6.61 Å². The summed E-state index contributed by atoms with van der Waals surface area (Å²) in [5.74, 6) is -0.967. The van der Waals surface area contributed by atoms with Gasteiger partial charge in [0.05, 0.1) is 0 Å². The topological polar surface area (TPSA) is 91.3 Å². The van der Waals surface area contributed by atoms with E-state index in [4.69, 9.17) is 19.5 Å². The van der Waals surface area contributed by atoms with Crippen molar-refractivity contribution in [2.24, 2.45) is 0 Å². The summed E-state index contributed by atoms with van der Waals surface area (Å²) in [7, 11) is 0. The molecule has 0 fully saturated rings. The van der Waals surface area contributed by atoms with Gasteiger partial charge in [0.2, 0.25) is 6.29 Å². The molecule has 0 saturated carbocycles. The summed E-state index contributed by atoms with van der Waals surface area (Å²) >= 11 is 0. The largest absolute Gasteiger partial charge is 0.463 e. The lowest BCUT2D eigenvalue weighted by Gasteiger charge is -2.29. The van der Waals surface area contributed by atoms with Gasteiger partial charge in [-0.25, -0.2) is 10.1 Å². The molecule has 0 saturated heterocycles. The molecule has 96 valence electrons. The highest BCUT2D eigenvalue weighted by Crippen LogP contribution is 2.17. The van der Waals surface area contributed by atoms with E-state index in [0.717, 1.165) is 0 Å². The van der Waals surface area contributed by atoms with Crippen LogP contribution in [0.3, 0.4) is 0 Å². The van der Waals surface area contributed by atoms with Crippen molar-refractivity contribution in [3.8, 4) is 0 Å². The van der Waals surface area contributed by atoms with Crippen LogP contribution in [0.15, 0.2) is 12.2 Å². The SMILES string of the molecule is CC(=O)OC[C@H]1O[C@@H](OO)C=C[C@@H]1OC(C)=O. The first kappa shape index (κ1) is 13.6. The fourth-order valence-electron chi connectivity index (χ4n) is 1.32. The van der Waals surface area contributed by atoms with E-state index >= 15 is 0 Å². The van der Waals surface area contributed by atoms with Gasteiger partial charge in [-0.05, 0) is 12.2 Å². The monoisotopic (exact) mass is 246 g/mol. The molecule has 1 N–H and O–H groups in total. The van der Waals surface area contributed by atoms with Crippen molar-refractivity contribution in [2.75, 3.05) is 6.61 Å². The summed E-state index contributed by atoms with van der Waals surface area (Å²) in [4.78, 5) is 25.5. The summed E-state index contributed by atoms with van der Waals surface area (Å²) < 4.78 is 14.9. The van der Waals surface area contributed by atoms with Crippen LogP contribution in [0.4, 0.5) is 0 Å². The molecule has 3 atom stereocenters. The Hall–Kier alpha value is -1.44. The molecule has 7 heteroatoms. The Labute approximate surface area is 97.8 Å². The molecule has 1 rings (SSSR count). The molecular weight excluding hydrogens is 232 g/mol. The second-order valence-corrected chi connectivity index (χ2v) is 3.41. The van der Waals surface area contributed by atoms with Crippen molar-refractivity contribution in [3.05, 3.63) is 12.2 Å². The molecule has 0 aromatic heterocycles. The molecule has 0 radical (unpaired) electrons. The highest BCUT2D eigenvalue weighted by atomic mass is 17.1. The number of carbonyl (C=O) groups is 2. The van der Waals surface area contributed by atoms with E-state index < -0.39 is 30.4 Å². The number of carbonyl (C=O) groups excluding carboxylic acids is 2. The Morgan fingerprint density at radius 1 is 1.29 bits per heavy atom. The minimum atomic E-state index is -0.970. The van der Waals surface area contributed by atoms with Crippen molar-refractivity contribution >= 4 is 11.9 Å². The van der Waals surface area contributed by atoms with Gasteiger partial charge >= 0.3 is 11.9 Å². The van der Waals surface area contributed by atoms with Gasteiger partial charge < -0.3 is 14.2 Å². The van der Waals surface area contributed by atoms with Gasteiger partial charge in [-0.2, -0.15) is 0 Å². The van der Waals surface area contributed by atoms with E-state index in [9.17, 15) is 9.59 Å². The summed E-state index contributed by atoms with van der Waals surface area (Å²) in [6, 6.07) is 0. The van der Waals surface area contributed by atoms with Crippen LogP contribution in [-0.2, 0) is 28.7 Å². The zero-order chi connectivity index (χ0) is 12.8. The maximum atomic E-state index is 10.8. The third kappa shape index (κ3) is 4.51. The number of ether oxygens (including phenoxy) is 3. The Balaban J connectivity index is 2.62. The molecule has 1 aliphatic heterocycles. The first-order chi connectivity index (χ1) is 8.02.